The Bertz CT molecular complexity index is 595. The van der Waals surface area contributed by atoms with Crippen LogP contribution < -0.4 is 15.2 Å². The summed E-state index contributed by atoms with van der Waals surface area (Å²) in [5.41, 5.74) is 6.19. The molecule has 20 heavy (non-hydrogen) atoms. The summed E-state index contributed by atoms with van der Waals surface area (Å²) < 4.78 is 21.4. The molecule has 2 heterocycles. The minimum atomic E-state index is 0.0194. The largest absolute Gasteiger partial charge is 0.493 e. The van der Waals surface area contributed by atoms with Crippen LogP contribution in [0.15, 0.2) is 22.7 Å². The van der Waals surface area contributed by atoms with Gasteiger partial charge >= 0.3 is 0 Å². The van der Waals surface area contributed by atoms with E-state index in [4.69, 9.17) is 24.5 Å². The maximum absolute atomic E-state index is 5.90. The molecule has 0 atom stereocenters. The van der Waals surface area contributed by atoms with Gasteiger partial charge in [-0.15, -0.1) is 0 Å². The minimum absolute atomic E-state index is 0.0194. The van der Waals surface area contributed by atoms with Gasteiger partial charge in [0, 0.05) is 0 Å². The summed E-state index contributed by atoms with van der Waals surface area (Å²) in [7, 11) is 1.59. The number of rotatable bonds is 5. The number of hydrogen-bond donors (Lipinski definition) is 1. The molecule has 1 aliphatic heterocycles. The Balaban J connectivity index is 1.99. The van der Waals surface area contributed by atoms with Crippen LogP contribution in [0.25, 0.3) is 11.4 Å². The Kier molecular flexibility index (Phi) is 3.53. The quantitative estimate of drug-likeness (QED) is 0.870. The van der Waals surface area contributed by atoms with Crippen LogP contribution in [0, 0.1) is 0 Å². The molecule has 0 unspecified atom stereocenters. The van der Waals surface area contributed by atoms with E-state index >= 15 is 0 Å². The lowest BCUT2D eigenvalue weighted by Gasteiger charge is -2.28. The molecule has 1 fully saturated rings. The number of hydrogen-bond acceptors (Lipinski definition) is 7. The van der Waals surface area contributed by atoms with Crippen molar-refractivity contribution in [2.24, 2.45) is 5.73 Å². The van der Waals surface area contributed by atoms with E-state index in [1.165, 1.54) is 0 Å². The van der Waals surface area contributed by atoms with Gasteiger partial charge in [0.05, 0.1) is 32.4 Å². The zero-order chi connectivity index (χ0) is 13.9. The summed E-state index contributed by atoms with van der Waals surface area (Å²) in [5.74, 6) is 2.02. The zero-order valence-electron chi connectivity index (χ0n) is 11.0. The lowest BCUT2D eigenvalue weighted by Crippen LogP contribution is -2.38. The molecule has 3 rings (SSSR count). The van der Waals surface area contributed by atoms with Gasteiger partial charge in [-0.05, 0) is 12.1 Å². The smallest absolute Gasteiger partial charge is 0.240 e. The predicted octanol–water partition coefficient (Wildman–Crippen LogP) is 0.981. The highest BCUT2D eigenvalue weighted by molar-refractivity contribution is 5.68. The van der Waals surface area contributed by atoms with Crippen molar-refractivity contribution >= 4 is 0 Å². The number of nitrogens with zero attached hydrogens (tertiary/aromatic N) is 2. The molecular formula is C13H15N3O4. The zero-order valence-corrected chi connectivity index (χ0v) is 11.0. The van der Waals surface area contributed by atoms with Crippen LogP contribution in [-0.4, -0.2) is 36.6 Å². The Hall–Kier alpha value is -2.12. The summed E-state index contributed by atoms with van der Waals surface area (Å²) in [6.07, 6.45) is 0.0194. The van der Waals surface area contributed by atoms with Crippen molar-refractivity contribution in [3.05, 3.63) is 24.1 Å². The predicted molar refractivity (Wildman–Crippen MR) is 69.4 cm³/mol. The summed E-state index contributed by atoms with van der Waals surface area (Å²) in [6, 6.07) is 5.52. The number of nitrogens with two attached hydrogens (primary N) is 1. The van der Waals surface area contributed by atoms with Crippen LogP contribution >= 0.6 is 0 Å². The first-order valence-corrected chi connectivity index (χ1v) is 6.26. The van der Waals surface area contributed by atoms with Crippen molar-refractivity contribution in [1.29, 1.82) is 0 Å². The van der Waals surface area contributed by atoms with E-state index in [1.54, 1.807) is 7.11 Å². The highest BCUT2D eigenvalue weighted by atomic mass is 16.6. The van der Waals surface area contributed by atoms with Crippen LogP contribution in [-0.2, 0) is 11.3 Å². The molecule has 0 radical (unpaired) electrons. The first kappa shape index (κ1) is 12.9. The van der Waals surface area contributed by atoms with E-state index in [-0.39, 0.29) is 12.6 Å². The fourth-order valence-electron chi connectivity index (χ4n) is 1.87. The molecule has 0 bridgehead atoms. The normalized spacial score (nSPS) is 14.9. The average Bonchev–Trinajstić information content (AvgIpc) is 2.91. The molecule has 0 amide bonds. The molecule has 106 valence electrons. The molecule has 7 nitrogen and oxygen atoms in total. The number of para-hydroxylation sites is 1. The van der Waals surface area contributed by atoms with Crippen LogP contribution in [0.4, 0.5) is 0 Å². The van der Waals surface area contributed by atoms with E-state index < -0.39 is 0 Å². The van der Waals surface area contributed by atoms with Crippen molar-refractivity contribution in [3.8, 4) is 22.9 Å². The van der Waals surface area contributed by atoms with Gasteiger partial charge in [0.15, 0.2) is 11.5 Å². The molecule has 2 aromatic rings. The summed E-state index contributed by atoms with van der Waals surface area (Å²) in [6.45, 7) is 1.33. The molecule has 0 spiro atoms. The number of ether oxygens (including phenoxy) is 3. The second kappa shape index (κ2) is 5.48. The van der Waals surface area contributed by atoms with Gasteiger partial charge in [-0.25, -0.2) is 0 Å². The number of aromatic nitrogens is 2. The lowest BCUT2D eigenvalue weighted by atomic mass is 10.1. The first-order valence-electron chi connectivity index (χ1n) is 6.26. The highest BCUT2D eigenvalue weighted by Gasteiger charge is 2.25. The van der Waals surface area contributed by atoms with Crippen LogP contribution in [0.2, 0.25) is 0 Å². The number of methoxy groups -OCH3 is 1. The molecule has 1 aromatic carbocycles. The van der Waals surface area contributed by atoms with E-state index in [0.29, 0.717) is 42.0 Å². The van der Waals surface area contributed by atoms with Gasteiger partial charge < -0.3 is 24.5 Å². The van der Waals surface area contributed by atoms with Crippen molar-refractivity contribution in [3.63, 3.8) is 0 Å². The molecule has 0 saturated carbocycles. The van der Waals surface area contributed by atoms with Crippen molar-refractivity contribution in [1.82, 2.24) is 10.1 Å². The van der Waals surface area contributed by atoms with Crippen molar-refractivity contribution in [2.45, 2.75) is 12.6 Å². The van der Waals surface area contributed by atoms with Crippen LogP contribution in [0.3, 0.4) is 0 Å². The fraction of sp³-hybridized carbons (Fsp3) is 0.385. The van der Waals surface area contributed by atoms with E-state index in [2.05, 4.69) is 10.1 Å². The Morgan fingerprint density at radius 1 is 1.40 bits per heavy atom. The highest BCUT2D eigenvalue weighted by Crippen LogP contribution is 2.38. The third-order valence-corrected chi connectivity index (χ3v) is 2.97. The molecule has 7 heteroatoms. The van der Waals surface area contributed by atoms with Gasteiger partial charge in [0.2, 0.25) is 11.7 Å². The summed E-state index contributed by atoms with van der Waals surface area (Å²) in [4.78, 5) is 4.22. The molecule has 0 aliphatic carbocycles. The van der Waals surface area contributed by atoms with Crippen molar-refractivity contribution < 1.29 is 18.7 Å². The third kappa shape index (κ3) is 2.33. The standard InChI is InChI=1S/C13H15N3O4/c1-17-10-4-2-3-9(12(10)19-8-6-18-7-8)13-15-11(5-14)20-16-13/h2-4,8H,5-7,14H2,1H3. The lowest BCUT2D eigenvalue weighted by molar-refractivity contribution is -0.0801. The van der Waals surface area contributed by atoms with E-state index in [9.17, 15) is 0 Å². The van der Waals surface area contributed by atoms with Gasteiger partial charge in [0.25, 0.3) is 0 Å². The third-order valence-electron chi connectivity index (χ3n) is 2.97. The van der Waals surface area contributed by atoms with Gasteiger partial charge in [0.1, 0.15) is 6.10 Å². The van der Waals surface area contributed by atoms with Gasteiger partial charge in [-0.2, -0.15) is 4.98 Å². The molecule has 1 saturated heterocycles. The maximum atomic E-state index is 5.90. The summed E-state index contributed by atoms with van der Waals surface area (Å²) in [5, 5.41) is 3.91. The average molecular weight is 277 g/mol. The van der Waals surface area contributed by atoms with Gasteiger partial charge in [-0.3, -0.25) is 0 Å². The maximum Gasteiger partial charge on any atom is 0.240 e. The molecule has 2 N–H and O–H groups in total. The van der Waals surface area contributed by atoms with E-state index in [0.717, 1.165) is 0 Å². The number of benzene rings is 1. The van der Waals surface area contributed by atoms with Crippen molar-refractivity contribution in [2.75, 3.05) is 20.3 Å². The summed E-state index contributed by atoms with van der Waals surface area (Å²) >= 11 is 0. The SMILES string of the molecule is COc1cccc(-c2noc(CN)n2)c1OC1COC1. The fourth-order valence-corrected chi connectivity index (χ4v) is 1.87. The van der Waals surface area contributed by atoms with E-state index in [1.807, 2.05) is 18.2 Å². The second-order valence-electron chi connectivity index (χ2n) is 4.33. The molecular weight excluding hydrogens is 262 g/mol. The van der Waals surface area contributed by atoms with Crippen LogP contribution in [0.5, 0.6) is 11.5 Å². The Morgan fingerprint density at radius 2 is 2.25 bits per heavy atom. The topological polar surface area (TPSA) is 92.6 Å². The Labute approximate surface area is 115 Å². The molecule has 1 aliphatic rings. The minimum Gasteiger partial charge on any atom is -0.493 e. The first-order chi connectivity index (χ1) is 9.81. The van der Waals surface area contributed by atoms with Crippen LogP contribution in [0.1, 0.15) is 5.89 Å². The monoisotopic (exact) mass is 277 g/mol. The second-order valence-corrected chi connectivity index (χ2v) is 4.33. The Morgan fingerprint density at radius 3 is 2.85 bits per heavy atom. The molecule has 1 aromatic heterocycles. The van der Waals surface area contributed by atoms with Gasteiger partial charge in [-0.1, -0.05) is 11.2 Å².